The van der Waals surface area contributed by atoms with Crippen molar-refractivity contribution in [2.75, 3.05) is 4.90 Å². The molecule has 0 spiro atoms. The van der Waals surface area contributed by atoms with Crippen LogP contribution in [0.5, 0.6) is 0 Å². The highest BCUT2D eigenvalue weighted by Crippen LogP contribution is 2.52. The number of pyridine rings is 1. The van der Waals surface area contributed by atoms with Crippen LogP contribution < -0.4 is 4.90 Å². The maximum absolute atomic E-state index is 5.02. The molecule has 2 heterocycles. The van der Waals surface area contributed by atoms with E-state index in [-0.39, 0.29) is 5.41 Å². The SMILES string of the molecule is Cc1ccccc1-c1ccc(N2c3ccccc3C(C)(C)c3ccccc32)c(C)n1. The molecule has 0 radical (unpaired) electrons. The summed E-state index contributed by atoms with van der Waals surface area (Å²) in [6, 6.07) is 30.3. The minimum atomic E-state index is -0.0495. The predicted molar refractivity (Wildman–Crippen MR) is 126 cm³/mol. The van der Waals surface area contributed by atoms with Crippen molar-refractivity contribution in [3.8, 4) is 11.3 Å². The van der Waals surface area contributed by atoms with E-state index in [0.29, 0.717) is 0 Å². The summed E-state index contributed by atoms with van der Waals surface area (Å²) < 4.78 is 0. The minimum absolute atomic E-state index is 0.0495. The van der Waals surface area contributed by atoms with E-state index in [9.17, 15) is 0 Å². The van der Waals surface area contributed by atoms with E-state index in [1.165, 1.54) is 33.6 Å². The number of aryl methyl sites for hydroxylation is 2. The molecule has 0 bridgehead atoms. The molecule has 0 aliphatic carbocycles. The normalized spacial score (nSPS) is 14.2. The average molecular weight is 391 g/mol. The Morgan fingerprint density at radius 1 is 0.633 bits per heavy atom. The van der Waals surface area contributed by atoms with Gasteiger partial charge in [0.2, 0.25) is 0 Å². The summed E-state index contributed by atoms with van der Waals surface area (Å²) in [5, 5.41) is 0. The van der Waals surface area contributed by atoms with Gasteiger partial charge in [-0.2, -0.15) is 0 Å². The molecule has 148 valence electrons. The van der Waals surface area contributed by atoms with Gasteiger partial charge in [0.15, 0.2) is 0 Å². The molecule has 1 aliphatic rings. The first-order valence-electron chi connectivity index (χ1n) is 10.5. The first-order valence-corrected chi connectivity index (χ1v) is 10.5. The maximum atomic E-state index is 5.02. The third-order valence-electron chi connectivity index (χ3n) is 6.36. The molecule has 0 unspecified atom stereocenters. The van der Waals surface area contributed by atoms with Crippen LogP contribution in [0.1, 0.15) is 36.2 Å². The van der Waals surface area contributed by atoms with Gasteiger partial charge in [0.05, 0.1) is 28.5 Å². The number of aromatic nitrogens is 1. The van der Waals surface area contributed by atoms with Crippen molar-refractivity contribution in [1.82, 2.24) is 4.98 Å². The van der Waals surface area contributed by atoms with Crippen LogP contribution >= 0.6 is 0 Å². The van der Waals surface area contributed by atoms with E-state index in [4.69, 9.17) is 4.98 Å². The quantitative estimate of drug-likeness (QED) is 0.353. The first-order chi connectivity index (χ1) is 14.5. The Morgan fingerprint density at radius 2 is 1.20 bits per heavy atom. The van der Waals surface area contributed by atoms with Gasteiger partial charge in [0, 0.05) is 11.0 Å². The number of hydrogen-bond donors (Lipinski definition) is 0. The number of nitrogens with zero attached hydrogens (tertiary/aromatic N) is 2. The van der Waals surface area contributed by atoms with Gasteiger partial charge in [-0.15, -0.1) is 0 Å². The van der Waals surface area contributed by atoms with Crippen LogP contribution in [-0.4, -0.2) is 4.98 Å². The Balaban J connectivity index is 1.71. The van der Waals surface area contributed by atoms with E-state index in [0.717, 1.165) is 17.1 Å². The molecule has 5 rings (SSSR count). The fourth-order valence-electron chi connectivity index (χ4n) is 4.73. The van der Waals surface area contributed by atoms with Crippen molar-refractivity contribution in [3.63, 3.8) is 0 Å². The van der Waals surface area contributed by atoms with Crippen molar-refractivity contribution in [2.24, 2.45) is 0 Å². The van der Waals surface area contributed by atoms with Crippen molar-refractivity contribution in [2.45, 2.75) is 33.1 Å². The lowest BCUT2D eigenvalue weighted by Crippen LogP contribution is -2.30. The maximum Gasteiger partial charge on any atom is 0.0709 e. The molecular formula is C28H26N2. The molecule has 1 aliphatic heterocycles. The average Bonchev–Trinajstić information content (AvgIpc) is 2.75. The molecule has 0 saturated carbocycles. The summed E-state index contributed by atoms with van der Waals surface area (Å²) >= 11 is 0. The molecule has 0 atom stereocenters. The predicted octanol–water partition coefficient (Wildman–Crippen LogP) is 7.47. The summed E-state index contributed by atoms with van der Waals surface area (Å²) in [6.45, 7) is 8.88. The summed E-state index contributed by atoms with van der Waals surface area (Å²) in [6.07, 6.45) is 0. The van der Waals surface area contributed by atoms with Crippen LogP contribution in [0.15, 0.2) is 84.9 Å². The zero-order valence-electron chi connectivity index (χ0n) is 18.0. The van der Waals surface area contributed by atoms with Gasteiger partial charge in [-0.25, -0.2) is 0 Å². The highest BCUT2D eigenvalue weighted by molar-refractivity contribution is 5.87. The van der Waals surface area contributed by atoms with Gasteiger partial charge >= 0.3 is 0 Å². The molecule has 1 aromatic heterocycles. The molecule has 2 heteroatoms. The van der Waals surface area contributed by atoms with Crippen LogP contribution in [0, 0.1) is 13.8 Å². The largest absolute Gasteiger partial charge is 0.308 e. The number of benzene rings is 3. The third-order valence-corrected chi connectivity index (χ3v) is 6.36. The second-order valence-electron chi connectivity index (χ2n) is 8.61. The highest BCUT2D eigenvalue weighted by atomic mass is 15.2. The fraction of sp³-hybridized carbons (Fsp3) is 0.179. The van der Waals surface area contributed by atoms with E-state index >= 15 is 0 Å². The standard InChI is InChI=1S/C28H26N2/c1-19-11-5-6-12-21(19)24-17-18-25(20(2)29-24)30-26-15-9-7-13-22(26)28(3,4)23-14-8-10-16-27(23)30/h5-18H,1-4H3. The molecular weight excluding hydrogens is 364 g/mol. The zero-order chi connectivity index (χ0) is 20.9. The lowest BCUT2D eigenvalue weighted by atomic mass is 9.73. The lowest BCUT2D eigenvalue weighted by Gasteiger charge is -2.42. The van der Waals surface area contributed by atoms with Crippen LogP contribution in [0.4, 0.5) is 17.1 Å². The van der Waals surface area contributed by atoms with E-state index in [1.54, 1.807) is 0 Å². The number of para-hydroxylation sites is 2. The summed E-state index contributed by atoms with van der Waals surface area (Å²) in [5.74, 6) is 0. The number of anilines is 3. The third kappa shape index (κ3) is 2.75. The second kappa shape index (κ2) is 6.84. The smallest absolute Gasteiger partial charge is 0.0709 e. The lowest BCUT2D eigenvalue weighted by molar-refractivity contribution is 0.631. The van der Waals surface area contributed by atoms with Crippen LogP contribution in [0.3, 0.4) is 0 Å². The van der Waals surface area contributed by atoms with E-state index < -0.39 is 0 Å². The van der Waals surface area contributed by atoms with Crippen molar-refractivity contribution in [1.29, 1.82) is 0 Å². The first kappa shape index (κ1) is 18.6. The van der Waals surface area contributed by atoms with Gasteiger partial charge in [-0.05, 0) is 54.8 Å². The molecule has 0 amide bonds. The van der Waals surface area contributed by atoms with E-state index in [1.807, 2.05) is 0 Å². The monoisotopic (exact) mass is 390 g/mol. The Morgan fingerprint density at radius 3 is 1.80 bits per heavy atom. The van der Waals surface area contributed by atoms with Crippen LogP contribution in [-0.2, 0) is 5.41 Å². The van der Waals surface area contributed by atoms with E-state index in [2.05, 4.69) is 118 Å². The molecule has 2 nitrogen and oxygen atoms in total. The second-order valence-corrected chi connectivity index (χ2v) is 8.61. The highest BCUT2D eigenvalue weighted by Gasteiger charge is 2.36. The molecule has 0 saturated heterocycles. The molecule has 4 aromatic rings. The van der Waals surface area contributed by atoms with Crippen molar-refractivity contribution in [3.05, 3.63) is 107 Å². The topological polar surface area (TPSA) is 16.1 Å². The van der Waals surface area contributed by atoms with Gasteiger partial charge in [0.25, 0.3) is 0 Å². The zero-order valence-corrected chi connectivity index (χ0v) is 18.0. The molecule has 0 N–H and O–H groups in total. The number of hydrogen-bond acceptors (Lipinski definition) is 2. The molecule has 0 fully saturated rings. The molecule has 3 aromatic carbocycles. The molecule has 30 heavy (non-hydrogen) atoms. The van der Waals surface area contributed by atoms with Crippen LogP contribution in [0.2, 0.25) is 0 Å². The Hall–Kier alpha value is -3.39. The summed E-state index contributed by atoms with van der Waals surface area (Å²) in [4.78, 5) is 7.39. The van der Waals surface area contributed by atoms with Gasteiger partial charge in [-0.1, -0.05) is 74.5 Å². The van der Waals surface area contributed by atoms with Gasteiger partial charge in [0.1, 0.15) is 0 Å². The van der Waals surface area contributed by atoms with Crippen molar-refractivity contribution < 1.29 is 0 Å². The number of fused-ring (bicyclic) bond motifs is 2. The Bertz CT molecular complexity index is 1200. The fourth-order valence-corrected chi connectivity index (χ4v) is 4.73. The van der Waals surface area contributed by atoms with Crippen LogP contribution in [0.25, 0.3) is 11.3 Å². The van der Waals surface area contributed by atoms with Gasteiger partial charge in [-0.3, -0.25) is 4.98 Å². The Labute approximate surface area is 178 Å². The number of rotatable bonds is 2. The van der Waals surface area contributed by atoms with Gasteiger partial charge < -0.3 is 4.90 Å². The minimum Gasteiger partial charge on any atom is -0.308 e. The summed E-state index contributed by atoms with van der Waals surface area (Å²) in [7, 11) is 0. The summed E-state index contributed by atoms with van der Waals surface area (Å²) in [5.41, 5.74) is 10.7. The van der Waals surface area contributed by atoms with Crippen molar-refractivity contribution >= 4 is 17.1 Å². The Kier molecular flexibility index (Phi) is 4.25.